The van der Waals surface area contributed by atoms with E-state index in [1.54, 1.807) is 24.3 Å². The van der Waals surface area contributed by atoms with Crippen molar-refractivity contribution in [3.05, 3.63) is 48.4 Å². The van der Waals surface area contributed by atoms with Crippen LogP contribution in [-0.2, 0) is 6.42 Å². The highest BCUT2D eigenvalue weighted by Gasteiger charge is 2.27. The van der Waals surface area contributed by atoms with Crippen molar-refractivity contribution in [3.8, 4) is 11.6 Å². The summed E-state index contributed by atoms with van der Waals surface area (Å²) in [5, 5.41) is 2.96. The van der Waals surface area contributed by atoms with Gasteiger partial charge in [-0.05, 0) is 24.1 Å². The van der Waals surface area contributed by atoms with Gasteiger partial charge in [0.2, 0.25) is 5.88 Å². The number of urea groups is 1. The molecule has 7 heteroatoms. The van der Waals surface area contributed by atoms with Crippen molar-refractivity contribution < 1.29 is 14.3 Å². The fourth-order valence-electron chi connectivity index (χ4n) is 2.75. The maximum Gasteiger partial charge on any atom is 0.317 e. The summed E-state index contributed by atoms with van der Waals surface area (Å²) >= 11 is 0. The number of methoxy groups -OCH3 is 1. The van der Waals surface area contributed by atoms with Crippen LogP contribution in [-0.4, -0.2) is 53.7 Å². The standard InChI is InChI=1S/C18H22N4O3/c1-24-15-4-2-14(3-5-15)6-10-20-18(23)22-11-8-16(12-22)25-17-7-9-19-13-21-17/h2-5,7,9,13,16H,6,8,10-12H2,1H3,(H,20,23). The highest BCUT2D eigenvalue weighted by atomic mass is 16.5. The first-order valence-corrected chi connectivity index (χ1v) is 8.33. The molecule has 1 N–H and O–H groups in total. The minimum Gasteiger partial charge on any atom is -0.497 e. The number of hydrogen-bond donors (Lipinski definition) is 1. The molecule has 1 fully saturated rings. The lowest BCUT2D eigenvalue weighted by molar-refractivity contribution is 0.183. The summed E-state index contributed by atoms with van der Waals surface area (Å²) in [6.07, 6.45) is 4.65. The van der Waals surface area contributed by atoms with Crippen LogP contribution in [0.2, 0.25) is 0 Å². The molecule has 3 rings (SSSR count). The fraction of sp³-hybridized carbons (Fsp3) is 0.389. The Labute approximate surface area is 147 Å². The van der Waals surface area contributed by atoms with Gasteiger partial charge in [0, 0.05) is 31.8 Å². The number of rotatable bonds is 6. The van der Waals surface area contributed by atoms with Crippen molar-refractivity contribution in [3.63, 3.8) is 0 Å². The van der Waals surface area contributed by atoms with Crippen molar-refractivity contribution in [2.75, 3.05) is 26.7 Å². The second-order valence-corrected chi connectivity index (χ2v) is 5.85. The molecule has 132 valence electrons. The lowest BCUT2D eigenvalue weighted by atomic mass is 10.1. The minimum absolute atomic E-state index is 0.0257. The molecular formula is C18H22N4O3. The highest BCUT2D eigenvalue weighted by Crippen LogP contribution is 2.16. The zero-order valence-electron chi connectivity index (χ0n) is 14.2. The summed E-state index contributed by atoms with van der Waals surface area (Å²) in [7, 11) is 1.65. The predicted molar refractivity (Wildman–Crippen MR) is 92.7 cm³/mol. The lowest BCUT2D eigenvalue weighted by Crippen LogP contribution is -2.40. The first-order chi connectivity index (χ1) is 12.2. The van der Waals surface area contributed by atoms with Crippen LogP contribution in [0.3, 0.4) is 0 Å². The van der Waals surface area contributed by atoms with Crippen molar-refractivity contribution >= 4 is 6.03 Å². The van der Waals surface area contributed by atoms with Gasteiger partial charge in [0.05, 0.1) is 13.7 Å². The number of carbonyl (C=O) groups is 1. The number of likely N-dealkylation sites (tertiary alicyclic amines) is 1. The molecule has 1 unspecified atom stereocenters. The molecule has 2 heterocycles. The Hall–Kier alpha value is -2.83. The molecule has 0 radical (unpaired) electrons. The van der Waals surface area contributed by atoms with E-state index in [1.807, 2.05) is 24.3 Å². The maximum absolute atomic E-state index is 12.2. The van der Waals surface area contributed by atoms with E-state index in [4.69, 9.17) is 9.47 Å². The molecule has 0 spiro atoms. The smallest absolute Gasteiger partial charge is 0.317 e. The van der Waals surface area contributed by atoms with E-state index in [-0.39, 0.29) is 12.1 Å². The summed E-state index contributed by atoms with van der Waals surface area (Å²) in [5.41, 5.74) is 1.16. The summed E-state index contributed by atoms with van der Waals surface area (Å²) < 4.78 is 10.9. The summed E-state index contributed by atoms with van der Waals surface area (Å²) in [5.74, 6) is 1.38. The third-order valence-corrected chi connectivity index (χ3v) is 4.12. The van der Waals surface area contributed by atoms with Gasteiger partial charge in [0.1, 0.15) is 18.2 Å². The van der Waals surface area contributed by atoms with Crippen LogP contribution in [0.4, 0.5) is 4.79 Å². The number of nitrogens with zero attached hydrogens (tertiary/aromatic N) is 3. The second kappa shape index (κ2) is 8.32. The van der Waals surface area contributed by atoms with E-state index in [1.165, 1.54) is 6.33 Å². The molecule has 1 aromatic carbocycles. The molecule has 1 atom stereocenters. The average Bonchev–Trinajstić information content (AvgIpc) is 3.12. The Morgan fingerprint density at radius 2 is 2.16 bits per heavy atom. The van der Waals surface area contributed by atoms with Crippen LogP contribution in [0.15, 0.2) is 42.9 Å². The maximum atomic E-state index is 12.2. The van der Waals surface area contributed by atoms with E-state index in [0.29, 0.717) is 25.5 Å². The molecule has 2 amide bonds. The number of amides is 2. The van der Waals surface area contributed by atoms with Crippen LogP contribution >= 0.6 is 0 Å². The second-order valence-electron chi connectivity index (χ2n) is 5.85. The molecular weight excluding hydrogens is 320 g/mol. The van der Waals surface area contributed by atoms with Gasteiger partial charge in [-0.25, -0.2) is 14.8 Å². The third kappa shape index (κ3) is 4.82. The summed E-state index contributed by atoms with van der Waals surface area (Å²) in [6.45, 7) is 1.85. The SMILES string of the molecule is COc1ccc(CCNC(=O)N2CCC(Oc3ccncn3)C2)cc1. The fourth-order valence-corrected chi connectivity index (χ4v) is 2.75. The van der Waals surface area contributed by atoms with Crippen molar-refractivity contribution in [1.82, 2.24) is 20.2 Å². The summed E-state index contributed by atoms with van der Waals surface area (Å²) in [4.78, 5) is 21.9. The molecule has 0 aliphatic carbocycles. The Balaban J connectivity index is 1.40. The number of hydrogen-bond acceptors (Lipinski definition) is 5. The third-order valence-electron chi connectivity index (χ3n) is 4.12. The van der Waals surface area contributed by atoms with Crippen LogP contribution in [0.25, 0.3) is 0 Å². The van der Waals surface area contributed by atoms with Gasteiger partial charge in [-0.15, -0.1) is 0 Å². The van der Waals surface area contributed by atoms with Gasteiger partial charge >= 0.3 is 6.03 Å². The molecule has 2 aromatic rings. The van der Waals surface area contributed by atoms with E-state index < -0.39 is 0 Å². The molecule has 25 heavy (non-hydrogen) atoms. The summed E-state index contributed by atoms with van der Waals surface area (Å²) in [6, 6.07) is 9.53. The Morgan fingerprint density at radius 1 is 1.32 bits per heavy atom. The first kappa shape index (κ1) is 17.0. The monoisotopic (exact) mass is 342 g/mol. The quantitative estimate of drug-likeness (QED) is 0.867. The molecule has 1 aliphatic heterocycles. The normalized spacial score (nSPS) is 16.5. The van der Waals surface area contributed by atoms with Crippen molar-refractivity contribution in [1.29, 1.82) is 0 Å². The molecule has 1 saturated heterocycles. The molecule has 7 nitrogen and oxygen atoms in total. The first-order valence-electron chi connectivity index (χ1n) is 8.33. The number of carbonyl (C=O) groups excluding carboxylic acids is 1. The number of ether oxygens (including phenoxy) is 2. The van der Waals surface area contributed by atoms with Gasteiger partial charge < -0.3 is 19.7 Å². The largest absolute Gasteiger partial charge is 0.497 e. The molecule has 1 aliphatic rings. The molecule has 1 aromatic heterocycles. The van der Waals surface area contributed by atoms with Gasteiger partial charge in [0.15, 0.2) is 0 Å². The predicted octanol–water partition coefficient (Wildman–Crippen LogP) is 1.89. The Bertz CT molecular complexity index is 678. The molecule has 0 saturated carbocycles. The highest BCUT2D eigenvalue weighted by molar-refractivity contribution is 5.74. The van der Waals surface area contributed by atoms with Gasteiger partial charge in [-0.2, -0.15) is 0 Å². The molecule has 0 bridgehead atoms. The van der Waals surface area contributed by atoms with Gasteiger partial charge in [0.25, 0.3) is 0 Å². The minimum atomic E-state index is -0.0534. The number of aromatic nitrogens is 2. The van der Waals surface area contributed by atoms with Gasteiger partial charge in [-0.1, -0.05) is 12.1 Å². The Morgan fingerprint density at radius 3 is 2.88 bits per heavy atom. The van der Waals surface area contributed by atoms with Crippen LogP contribution in [0.1, 0.15) is 12.0 Å². The van der Waals surface area contributed by atoms with E-state index in [0.717, 1.165) is 24.2 Å². The van der Waals surface area contributed by atoms with Crippen LogP contribution < -0.4 is 14.8 Å². The Kier molecular flexibility index (Phi) is 5.66. The van der Waals surface area contributed by atoms with E-state index in [2.05, 4.69) is 15.3 Å². The van der Waals surface area contributed by atoms with Crippen LogP contribution in [0, 0.1) is 0 Å². The zero-order valence-corrected chi connectivity index (χ0v) is 14.2. The van der Waals surface area contributed by atoms with E-state index in [9.17, 15) is 4.79 Å². The zero-order chi connectivity index (χ0) is 17.5. The number of nitrogens with one attached hydrogen (secondary N) is 1. The number of benzene rings is 1. The topological polar surface area (TPSA) is 76.6 Å². The van der Waals surface area contributed by atoms with Crippen LogP contribution in [0.5, 0.6) is 11.6 Å². The lowest BCUT2D eigenvalue weighted by Gasteiger charge is -2.17. The van der Waals surface area contributed by atoms with Crippen molar-refractivity contribution in [2.45, 2.75) is 18.9 Å². The average molecular weight is 342 g/mol. The van der Waals surface area contributed by atoms with Crippen molar-refractivity contribution in [2.24, 2.45) is 0 Å². The van der Waals surface area contributed by atoms with Gasteiger partial charge in [-0.3, -0.25) is 0 Å². The van der Waals surface area contributed by atoms with E-state index >= 15 is 0 Å².